The second-order valence-electron chi connectivity index (χ2n) is 2.86. The molecular weight excluding hydrogens is 190 g/mol. The lowest BCUT2D eigenvalue weighted by Crippen LogP contribution is -2.69. The smallest absolute Gasteiger partial charge is 0.292 e. The molecule has 2 heterocycles. The molecule has 1 amide bonds. The van der Waals surface area contributed by atoms with Crippen LogP contribution in [0.15, 0.2) is 9.98 Å². The maximum atomic E-state index is 11.5. The zero-order valence-corrected chi connectivity index (χ0v) is 7.15. The Morgan fingerprint density at radius 1 is 1.64 bits per heavy atom. The van der Waals surface area contributed by atoms with Crippen molar-refractivity contribution in [1.29, 1.82) is 0 Å². The van der Waals surface area contributed by atoms with Crippen LogP contribution >= 0.6 is 0 Å². The van der Waals surface area contributed by atoms with E-state index in [2.05, 4.69) is 25.5 Å². The number of nitrogens with two attached hydrogens (primary N) is 1. The van der Waals surface area contributed by atoms with Gasteiger partial charge in [-0.15, -0.1) is 0 Å². The molecule has 0 saturated heterocycles. The fourth-order valence-corrected chi connectivity index (χ4v) is 1.34. The van der Waals surface area contributed by atoms with E-state index in [1.54, 1.807) is 0 Å². The molecular formula is C6H9N5O3. The van der Waals surface area contributed by atoms with Gasteiger partial charge in [0.1, 0.15) is 0 Å². The van der Waals surface area contributed by atoms with E-state index >= 15 is 0 Å². The van der Waals surface area contributed by atoms with Crippen molar-refractivity contribution in [3.63, 3.8) is 0 Å². The van der Waals surface area contributed by atoms with Gasteiger partial charge in [0, 0.05) is 6.54 Å². The minimum Gasteiger partial charge on any atom is -0.369 e. The van der Waals surface area contributed by atoms with Crippen molar-refractivity contribution in [3.05, 3.63) is 0 Å². The van der Waals surface area contributed by atoms with Gasteiger partial charge in [-0.25, -0.2) is 5.26 Å². The Balaban J connectivity index is 2.48. The van der Waals surface area contributed by atoms with E-state index in [4.69, 9.17) is 11.0 Å². The molecule has 0 bridgehead atoms. The number of carbonyl (C=O) groups is 1. The number of amides is 1. The van der Waals surface area contributed by atoms with Gasteiger partial charge in [-0.05, 0) is 0 Å². The molecule has 2 aliphatic rings. The topological polar surface area (TPSA) is 121 Å². The summed E-state index contributed by atoms with van der Waals surface area (Å²) in [5, 5.41) is 13.6. The number of carbonyl (C=O) groups excluding carboxylic acids is 1. The third-order valence-corrected chi connectivity index (χ3v) is 1.99. The van der Waals surface area contributed by atoms with Crippen LogP contribution in [0.3, 0.4) is 0 Å². The average molecular weight is 199 g/mol. The molecule has 0 radical (unpaired) electrons. The van der Waals surface area contributed by atoms with Crippen molar-refractivity contribution in [2.24, 2.45) is 15.7 Å². The van der Waals surface area contributed by atoms with Crippen molar-refractivity contribution in [2.75, 3.05) is 13.1 Å². The van der Waals surface area contributed by atoms with Crippen LogP contribution in [0.1, 0.15) is 0 Å². The van der Waals surface area contributed by atoms with Crippen molar-refractivity contribution < 1.29 is 14.9 Å². The molecule has 0 aromatic rings. The Hall–Kier alpha value is -1.51. The molecule has 5 N–H and O–H groups in total. The molecule has 0 aliphatic carbocycles. The van der Waals surface area contributed by atoms with E-state index in [0.29, 0.717) is 13.1 Å². The SMILES string of the molecule is NC1=NC2=NCCNC2(OO)C(=O)N1. The highest BCUT2D eigenvalue weighted by molar-refractivity contribution is 6.21. The molecule has 0 fully saturated rings. The predicted octanol–water partition coefficient (Wildman–Crippen LogP) is -2.38. The van der Waals surface area contributed by atoms with Crippen LogP contribution < -0.4 is 16.4 Å². The number of fused-ring (bicyclic) bond motifs is 1. The van der Waals surface area contributed by atoms with E-state index in [-0.39, 0.29) is 11.8 Å². The number of hydrogen-bond acceptors (Lipinski definition) is 7. The number of guanidine groups is 1. The Kier molecular flexibility index (Phi) is 1.95. The molecule has 76 valence electrons. The minimum absolute atomic E-state index is 0.0347. The maximum Gasteiger partial charge on any atom is 0.292 e. The molecule has 0 aromatic heterocycles. The molecule has 0 aromatic carbocycles. The zero-order valence-electron chi connectivity index (χ0n) is 7.15. The number of nitrogens with one attached hydrogen (secondary N) is 2. The van der Waals surface area contributed by atoms with Crippen LogP contribution in [-0.4, -0.2) is 41.8 Å². The molecule has 1 atom stereocenters. The summed E-state index contributed by atoms with van der Waals surface area (Å²) in [6.45, 7) is 0.859. The van der Waals surface area contributed by atoms with E-state index in [0.717, 1.165) is 0 Å². The summed E-state index contributed by atoms with van der Waals surface area (Å²) in [5.74, 6) is -0.663. The Bertz CT molecular complexity index is 338. The van der Waals surface area contributed by atoms with E-state index in [9.17, 15) is 4.79 Å². The van der Waals surface area contributed by atoms with Crippen molar-refractivity contribution in [1.82, 2.24) is 10.6 Å². The number of amidine groups is 1. The normalized spacial score (nSPS) is 31.4. The quantitative estimate of drug-likeness (QED) is 0.277. The van der Waals surface area contributed by atoms with Crippen LogP contribution in [0, 0.1) is 0 Å². The first-order chi connectivity index (χ1) is 6.69. The third kappa shape index (κ3) is 1.09. The van der Waals surface area contributed by atoms with Crippen molar-refractivity contribution in [3.8, 4) is 0 Å². The number of hydrogen-bond donors (Lipinski definition) is 4. The standard InChI is InChI=1S/C6H9N5O3/c7-5-10-3-6(14-13,4(12)11-5)9-2-1-8-3/h9,13H,1-2H2,(H3,7,8,10,11,12). The Labute approximate surface area is 78.8 Å². The largest absolute Gasteiger partial charge is 0.369 e. The fraction of sp³-hybridized carbons (Fsp3) is 0.500. The summed E-state index contributed by atoms with van der Waals surface area (Å²) in [6, 6.07) is 0. The summed E-state index contributed by atoms with van der Waals surface area (Å²) in [4.78, 5) is 23.3. The van der Waals surface area contributed by atoms with Crippen molar-refractivity contribution >= 4 is 17.7 Å². The summed E-state index contributed by atoms with van der Waals surface area (Å²) >= 11 is 0. The van der Waals surface area contributed by atoms with Gasteiger partial charge in [0.2, 0.25) is 5.96 Å². The minimum atomic E-state index is -1.71. The van der Waals surface area contributed by atoms with Crippen LogP contribution in [0.4, 0.5) is 0 Å². The van der Waals surface area contributed by atoms with Gasteiger partial charge in [0.25, 0.3) is 11.6 Å². The predicted molar refractivity (Wildman–Crippen MR) is 46.5 cm³/mol. The Morgan fingerprint density at radius 2 is 2.43 bits per heavy atom. The summed E-state index contributed by atoms with van der Waals surface area (Å²) in [7, 11) is 0. The molecule has 0 saturated carbocycles. The lowest BCUT2D eigenvalue weighted by atomic mass is 10.1. The van der Waals surface area contributed by atoms with Gasteiger partial charge in [0.05, 0.1) is 6.54 Å². The van der Waals surface area contributed by atoms with Gasteiger partial charge in [-0.3, -0.25) is 20.4 Å². The van der Waals surface area contributed by atoms with Crippen LogP contribution in [0.2, 0.25) is 0 Å². The lowest BCUT2D eigenvalue weighted by molar-refractivity contribution is -0.299. The van der Waals surface area contributed by atoms with Crippen LogP contribution in [-0.2, 0) is 9.68 Å². The molecule has 0 spiro atoms. The van der Waals surface area contributed by atoms with Gasteiger partial charge in [-0.2, -0.15) is 9.88 Å². The highest BCUT2D eigenvalue weighted by Gasteiger charge is 2.50. The van der Waals surface area contributed by atoms with Gasteiger partial charge < -0.3 is 5.73 Å². The third-order valence-electron chi connectivity index (χ3n) is 1.99. The van der Waals surface area contributed by atoms with Crippen molar-refractivity contribution in [2.45, 2.75) is 5.72 Å². The highest BCUT2D eigenvalue weighted by Crippen LogP contribution is 2.16. The number of rotatable bonds is 1. The summed E-state index contributed by atoms with van der Waals surface area (Å²) in [6.07, 6.45) is 0. The first-order valence-electron chi connectivity index (χ1n) is 3.97. The maximum absolute atomic E-state index is 11.5. The van der Waals surface area contributed by atoms with E-state index in [1.807, 2.05) is 0 Å². The second kappa shape index (κ2) is 3.01. The van der Waals surface area contributed by atoms with E-state index in [1.165, 1.54) is 0 Å². The lowest BCUT2D eigenvalue weighted by Gasteiger charge is -2.34. The highest BCUT2D eigenvalue weighted by atomic mass is 17.1. The molecule has 14 heavy (non-hydrogen) atoms. The van der Waals surface area contributed by atoms with E-state index < -0.39 is 11.6 Å². The number of aliphatic imine (C=N–C) groups is 2. The van der Waals surface area contributed by atoms with Gasteiger partial charge in [-0.1, -0.05) is 0 Å². The average Bonchev–Trinajstić information content (AvgIpc) is 2.18. The summed E-state index contributed by atoms with van der Waals surface area (Å²) in [5.41, 5.74) is 3.61. The Morgan fingerprint density at radius 3 is 3.14 bits per heavy atom. The first-order valence-corrected chi connectivity index (χ1v) is 3.97. The molecule has 2 aliphatic heterocycles. The second-order valence-corrected chi connectivity index (χ2v) is 2.86. The number of nitrogens with zero attached hydrogens (tertiary/aromatic N) is 2. The van der Waals surface area contributed by atoms with Crippen LogP contribution in [0.25, 0.3) is 0 Å². The van der Waals surface area contributed by atoms with Gasteiger partial charge >= 0.3 is 0 Å². The molecule has 1 unspecified atom stereocenters. The summed E-state index contributed by atoms with van der Waals surface area (Å²) < 4.78 is 0. The zero-order chi connectivity index (χ0) is 10.2. The first kappa shape index (κ1) is 9.06. The van der Waals surface area contributed by atoms with Gasteiger partial charge in [0.15, 0.2) is 5.84 Å². The monoisotopic (exact) mass is 199 g/mol. The van der Waals surface area contributed by atoms with Crippen LogP contribution in [0.5, 0.6) is 0 Å². The molecule has 2 rings (SSSR count). The fourth-order valence-electron chi connectivity index (χ4n) is 1.34. The molecule has 8 nitrogen and oxygen atoms in total. The molecule has 8 heteroatoms.